The third-order valence-corrected chi connectivity index (χ3v) is 3.93. The zero-order valence-electron chi connectivity index (χ0n) is 12.0. The number of methoxy groups -OCH3 is 2. The SMILES string of the molecule is COc1ccc(C(=O)NC2CCCC2CN)c(OC)c1. The number of benzene rings is 1. The summed E-state index contributed by atoms with van der Waals surface area (Å²) >= 11 is 0. The maximum Gasteiger partial charge on any atom is 0.255 e. The van der Waals surface area contributed by atoms with Crippen LogP contribution in [0, 0.1) is 5.92 Å². The van der Waals surface area contributed by atoms with E-state index >= 15 is 0 Å². The maximum atomic E-state index is 12.4. The molecule has 1 amide bonds. The molecule has 0 saturated heterocycles. The van der Waals surface area contributed by atoms with Crippen molar-refractivity contribution in [3.8, 4) is 11.5 Å². The predicted molar refractivity (Wildman–Crippen MR) is 77.2 cm³/mol. The highest BCUT2D eigenvalue weighted by atomic mass is 16.5. The zero-order valence-corrected chi connectivity index (χ0v) is 12.0. The lowest BCUT2D eigenvalue weighted by Crippen LogP contribution is -2.39. The van der Waals surface area contributed by atoms with E-state index in [4.69, 9.17) is 15.2 Å². The minimum Gasteiger partial charge on any atom is -0.497 e. The van der Waals surface area contributed by atoms with Gasteiger partial charge < -0.3 is 20.5 Å². The molecule has 1 aromatic rings. The third kappa shape index (κ3) is 3.04. The Balaban J connectivity index is 2.12. The smallest absolute Gasteiger partial charge is 0.255 e. The minimum atomic E-state index is -0.116. The lowest BCUT2D eigenvalue weighted by molar-refractivity contribution is 0.0925. The summed E-state index contributed by atoms with van der Waals surface area (Å²) < 4.78 is 10.4. The Hall–Kier alpha value is -1.75. The standard InChI is InChI=1S/C15H22N2O3/c1-19-11-6-7-12(14(8-11)20-2)15(18)17-13-5-3-4-10(13)9-16/h6-8,10,13H,3-5,9,16H2,1-2H3,(H,17,18). The van der Waals surface area contributed by atoms with E-state index in [-0.39, 0.29) is 11.9 Å². The first-order valence-electron chi connectivity index (χ1n) is 6.92. The van der Waals surface area contributed by atoms with Crippen LogP contribution in [0.2, 0.25) is 0 Å². The van der Waals surface area contributed by atoms with Crippen molar-refractivity contribution < 1.29 is 14.3 Å². The van der Waals surface area contributed by atoms with Gasteiger partial charge in [-0.05, 0) is 37.4 Å². The van der Waals surface area contributed by atoms with E-state index in [1.807, 2.05) is 0 Å². The van der Waals surface area contributed by atoms with Gasteiger partial charge in [0.2, 0.25) is 0 Å². The highest BCUT2D eigenvalue weighted by molar-refractivity contribution is 5.97. The van der Waals surface area contributed by atoms with Crippen LogP contribution in [0.4, 0.5) is 0 Å². The topological polar surface area (TPSA) is 73.6 Å². The number of ether oxygens (including phenoxy) is 2. The highest BCUT2D eigenvalue weighted by Gasteiger charge is 2.28. The van der Waals surface area contributed by atoms with E-state index < -0.39 is 0 Å². The summed E-state index contributed by atoms with van der Waals surface area (Å²) in [5, 5.41) is 3.07. The van der Waals surface area contributed by atoms with Gasteiger partial charge in [0, 0.05) is 12.1 Å². The molecular formula is C15H22N2O3. The van der Waals surface area contributed by atoms with E-state index in [9.17, 15) is 4.79 Å². The van der Waals surface area contributed by atoms with Crippen LogP contribution in [-0.4, -0.2) is 32.7 Å². The summed E-state index contributed by atoms with van der Waals surface area (Å²) in [6.45, 7) is 0.616. The van der Waals surface area contributed by atoms with Crippen LogP contribution in [0.1, 0.15) is 29.6 Å². The molecule has 0 heterocycles. The van der Waals surface area contributed by atoms with Crippen LogP contribution >= 0.6 is 0 Å². The van der Waals surface area contributed by atoms with Gasteiger partial charge in [-0.15, -0.1) is 0 Å². The van der Waals surface area contributed by atoms with Crippen LogP contribution in [0.3, 0.4) is 0 Å². The van der Waals surface area contributed by atoms with Gasteiger partial charge >= 0.3 is 0 Å². The van der Waals surface area contributed by atoms with E-state index in [0.717, 1.165) is 19.3 Å². The van der Waals surface area contributed by atoms with Crippen molar-refractivity contribution in [1.82, 2.24) is 5.32 Å². The van der Waals surface area contributed by atoms with Gasteiger partial charge in [0.15, 0.2) is 0 Å². The third-order valence-electron chi connectivity index (χ3n) is 3.93. The number of carbonyl (C=O) groups excluding carboxylic acids is 1. The fourth-order valence-corrected chi connectivity index (χ4v) is 2.74. The molecule has 110 valence electrons. The first-order chi connectivity index (χ1) is 9.69. The van der Waals surface area contributed by atoms with E-state index in [2.05, 4.69) is 5.32 Å². The predicted octanol–water partition coefficient (Wildman–Crippen LogP) is 1.56. The normalized spacial score (nSPS) is 21.6. The van der Waals surface area contributed by atoms with Crippen LogP contribution in [0.5, 0.6) is 11.5 Å². The zero-order chi connectivity index (χ0) is 14.5. The molecule has 0 aliphatic heterocycles. The van der Waals surface area contributed by atoms with E-state index in [1.165, 1.54) is 0 Å². The van der Waals surface area contributed by atoms with Crippen molar-refractivity contribution in [2.45, 2.75) is 25.3 Å². The molecule has 5 heteroatoms. The first kappa shape index (κ1) is 14.7. The summed E-state index contributed by atoms with van der Waals surface area (Å²) in [6.07, 6.45) is 3.19. The van der Waals surface area contributed by atoms with Gasteiger partial charge in [-0.25, -0.2) is 0 Å². The Morgan fingerprint density at radius 1 is 1.35 bits per heavy atom. The fourth-order valence-electron chi connectivity index (χ4n) is 2.74. The van der Waals surface area contributed by atoms with Crippen molar-refractivity contribution in [3.63, 3.8) is 0 Å². The van der Waals surface area contributed by atoms with Gasteiger partial charge in [-0.2, -0.15) is 0 Å². The fraction of sp³-hybridized carbons (Fsp3) is 0.533. The molecule has 1 aromatic carbocycles. The molecule has 1 saturated carbocycles. The minimum absolute atomic E-state index is 0.116. The first-order valence-corrected chi connectivity index (χ1v) is 6.92. The molecular weight excluding hydrogens is 256 g/mol. The van der Waals surface area contributed by atoms with Crippen molar-refractivity contribution in [2.24, 2.45) is 11.7 Å². The van der Waals surface area contributed by atoms with Gasteiger partial charge in [-0.1, -0.05) is 6.42 Å². The molecule has 1 aliphatic rings. The van der Waals surface area contributed by atoms with Crippen LogP contribution < -0.4 is 20.5 Å². The average molecular weight is 278 g/mol. The summed E-state index contributed by atoms with van der Waals surface area (Å²) in [5.41, 5.74) is 6.26. The Morgan fingerprint density at radius 2 is 2.15 bits per heavy atom. The second kappa shape index (κ2) is 6.61. The van der Waals surface area contributed by atoms with Crippen LogP contribution in [-0.2, 0) is 0 Å². The molecule has 1 fully saturated rings. The molecule has 3 N–H and O–H groups in total. The summed E-state index contributed by atoms with van der Waals surface area (Å²) in [6, 6.07) is 5.36. The Labute approximate surface area is 119 Å². The highest BCUT2D eigenvalue weighted by Crippen LogP contribution is 2.27. The molecule has 2 unspecified atom stereocenters. The average Bonchev–Trinajstić information content (AvgIpc) is 2.93. The molecule has 1 aliphatic carbocycles. The molecule has 0 spiro atoms. The lowest BCUT2D eigenvalue weighted by Gasteiger charge is -2.20. The van der Waals surface area contributed by atoms with Crippen LogP contribution in [0.15, 0.2) is 18.2 Å². The Morgan fingerprint density at radius 3 is 2.80 bits per heavy atom. The Bertz CT molecular complexity index is 476. The number of hydrogen-bond donors (Lipinski definition) is 2. The lowest BCUT2D eigenvalue weighted by atomic mass is 10.0. The number of carbonyl (C=O) groups is 1. The molecule has 0 aromatic heterocycles. The second-order valence-electron chi connectivity index (χ2n) is 5.07. The van der Waals surface area contributed by atoms with Crippen molar-refractivity contribution in [3.05, 3.63) is 23.8 Å². The number of amides is 1. The van der Waals surface area contributed by atoms with Crippen molar-refractivity contribution in [2.75, 3.05) is 20.8 Å². The van der Waals surface area contributed by atoms with Gasteiger partial charge in [0.1, 0.15) is 11.5 Å². The number of nitrogens with one attached hydrogen (secondary N) is 1. The summed E-state index contributed by atoms with van der Waals surface area (Å²) in [4.78, 5) is 12.4. The van der Waals surface area contributed by atoms with Crippen LogP contribution in [0.25, 0.3) is 0 Å². The summed E-state index contributed by atoms with van der Waals surface area (Å²) in [7, 11) is 3.13. The quantitative estimate of drug-likeness (QED) is 0.857. The summed E-state index contributed by atoms with van der Waals surface area (Å²) in [5.74, 6) is 1.45. The van der Waals surface area contributed by atoms with Gasteiger partial charge in [0.25, 0.3) is 5.91 Å². The van der Waals surface area contributed by atoms with E-state index in [0.29, 0.717) is 29.5 Å². The Kier molecular flexibility index (Phi) is 4.84. The van der Waals surface area contributed by atoms with Crippen molar-refractivity contribution in [1.29, 1.82) is 0 Å². The van der Waals surface area contributed by atoms with Crippen molar-refractivity contribution >= 4 is 5.91 Å². The van der Waals surface area contributed by atoms with E-state index in [1.54, 1.807) is 32.4 Å². The number of nitrogens with two attached hydrogens (primary N) is 1. The molecule has 2 atom stereocenters. The molecule has 5 nitrogen and oxygen atoms in total. The largest absolute Gasteiger partial charge is 0.497 e. The maximum absolute atomic E-state index is 12.4. The molecule has 2 rings (SSSR count). The molecule has 0 bridgehead atoms. The number of hydrogen-bond acceptors (Lipinski definition) is 4. The molecule has 0 radical (unpaired) electrons. The van der Waals surface area contributed by atoms with Gasteiger partial charge in [0.05, 0.1) is 19.8 Å². The molecule has 20 heavy (non-hydrogen) atoms. The monoisotopic (exact) mass is 278 g/mol. The number of rotatable bonds is 5. The van der Waals surface area contributed by atoms with Gasteiger partial charge in [-0.3, -0.25) is 4.79 Å². The second-order valence-corrected chi connectivity index (χ2v) is 5.07.